The number of rotatable bonds is 7. The van der Waals surface area contributed by atoms with Gasteiger partial charge in [-0.05, 0) is 45.4 Å². The summed E-state index contributed by atoms with van der Waals surface area (Å²) < 4.78 is 5.81. The van der Waals surface area contributed by atoms with Crippen LogP contribution >= 0.6 is 0 Å². The summed E-state index contributed by atoms with van der Waals surface area (Å²) in [6, 6.07) is 3.87. The van der Waals surface area contributed by atoms with Gasteiger partial charge in [-0.1, -0.05) is 6.92 Å². The van der Waals surface area contributed by atoms with Crippen LogP contribution in [-0.4, -0.2) is 30.7 Å². The van der Waals surface area contributed by atoms with Crippen LogP contribution in [0.4, 0.5) is 5.82 Å². The molecule has 1 unspecified atom stereocenters. The Morgan fingerprint density at radius 1 is 1.39 bits per heavy atom. The Morgan fingerprint density at radius 2 is 2.11 bits per heavy atom. The molecule has 1 atom stereocenters. The highest BCUT2D eigenvalue weighted by molar-refractivity contribution is 5.52. The minimum atomic E-state index is 0.151. The number of nitrogens with two attached hydrogens (primary N) is 1. The molecule has 0 saturated heterocycles. The number of pyridine rings is 1. The molecule has 1 aromatic rings. The third-order valence-corrected chi connectivity index (χ3v) is 2.73. The Labute approximate surface area is 110 Å². The second kappa shape index (κ2) is 7.21. The van der Waals surface area contributed by atoms with Crippen molar-refractivity contribution in [2.24, 2.45) is 11.7 Å². The van der Waals surface area contributed by atoms with Gasteiger partial charge in [0.1, 0.15) is 0 Å². The molecule has 102 valence electrons. The first-order valence-corrected chi connectivity index (χ1v) is 6.65. The third-order valence-electron chi connectivity index (χ3n) is 2.73. The highest BCUT2D eigenvalue weighted by Crippen LogP contribution is 2.26. The molecule has 1 aromatic heterocycles. The lowest BCUT2D eigenvalue weighted by Gasteiger charge is -2.27. The molecule has 1 heterocycles. The van der Waals surface area contributed by atoms with Gasteiger partial charge in [0.25, 0.3) is 0 Å². The molecule has 2 N–H and O–H groups in total. The molecule has 0 saturated carbocycles. The topological polar surface area (TPSA) is 51.4 Å². The lowest BCUT2D eigenvalue weighted by atomic mass is 10.1. The Kier molecular flexibility index (Phi) is 5.92. The SMILES string of the molecule is CCN(CC(C)CN)c1ncccc1OC(C)C. The number of aromatic nitrogens is 1. The zero-order chi connectivity index (χ0) is 13.5. The summed E-state index contributed by atoms with van der Waals surface area (Å²) in [5.41, 5.74) is 5.69. The van der Waals surface area contributed by atoms with Gasteiger partial charge >= 0.3 is 0 Å². The van der Waals surface area contributed by atoms with Gasteiger partial charge in [0.15, 0.2) is 11.6 Å². The minimum Gasteiger partial charge on any atom is -0.487 e. The first-order valence-electron chi connectivity index (χ1n) is 6.65. The van der Waals surface area contributed by atoms with Crippen molar-refractivity contribution in [1.82, 2.24) is 4.98 Å². The lowest BCUT2D eigenvalue weighted by Crippen LogP contribution is -2.32. The predicted molar refractivity (Wildman–Crippen MR) is 76.1 cm³/mol. The normalized spacial score (nSPS) is 12.6. The molecule has 0 aliphatic carbocycles. The molecule has 0 aliphatic heterocycles. The van der Waals surface area contributed by atoms with Crippen LogP contribution in [0, 0.1) is 5.92 Å². The van der Waals surface area contributed by atoms with E-state index in [1.807, 2.05) is 26.0 Å². The maximum Gasteiger partial charge on any atom is 0.171 e. The van der Waals surface area contributed by atoms with Gasteiger partial charge in [-0.3, -0.25) is 0 Å². The van der Waals surface area contributed by atoms with Gasteiger partial charge in [0.2, 0.25) is 0 Å². The first kappa shape index (κ1) is 14.8. The number of ether oxygens (including phenoxy) is 1. The molecule has 0 amide bonds. The van der Waals surface area contributed by atoms with Crippen molar-refractivity contribution < 1.29 is 4.74 Å². The van der Waals surface area contributed by atoms with E-state index in [1.165, 1.54) is 0 Å². The molecular formula is C14H25N3O. The Morgan fingerprint density at radius 3 is 2.67 bits per heavy atom. The molecule has 4 heteroatoms. The fourth-order valence-corrected chi connectivity index (χ4v) is 1.78. The summed E-state index contributed by atoms with van der Waals surface area (Å²) in [5.74, 6) is 2.20. The largest absolute Gasteiger partial charge is 0.487 e. The summed E-state index contributed by atoms with van der Waals surface area (Å²) in [6.07, 6.45) is 1.96. The van der Waals surface area contributed by atoms with Crippen LogP contribution in [0.2, 0.25) is 0 Å². The van der Waals surface area contributed by atoms with Crippen molar-refractivity contribution in [1.29, 1.82) is 0 Å². The number of hydrogen-bond donors (Lipinski definition) is 1. The molecule has 0 radical (unpaired) electrons. The van der Waals surface area contributed by atoms with Crippen molar-refractivity contribution >= 4 is 5.82 Å². The Bertz CT molecular complexity index is 355. The van der Waals surface area contributed by atoms with Crippen molar-refractivity contribution in [2.75, 3.05) is 24.5 Å². The number of hydrogen-bond acceptors (Lipinski definition) is 4. The predicted octanol–water partition coefficient (Wildman–Crippen LogP) is 2.29. The molecule has 0 fully saturated rings. The summed E-state index contributed by atoms with van der Waals surface area (Å²) in [5, 5.41) is 0. The van der Waals surface area contributed by atoms with Gasteiger partial charge in [-0.2, -0.15) is 0 Å². The standard InChI is InChI=1S/C14H25N3O/c1-5-17(10-12(4)9-15)14-13(18-11(2)3)7-6-8-16-14/h6-8,11-12H,5,9-10,15H2,1-4H3. The second-order valence-corrected chi connectivity index (χ2v) is 4.87. The van der Waals surface area contributed by atoms with E-state index in [-0.39, 0.29) is 6.10 Å². The van der Waals surface area contributed by atoms with E-state index in [4.69, 9.17) is 10.5 Å². The van der Waals surface area contributed by atoms with E-state index in [0.29, 0.717) is 12.5 Å². The highest BCUT2D eigenvalue weighted by Gasteiger charge is 2.15. The van der Waals surface area contributed by atoms with Gasteiger partial charge < -0.3 is 15.4 Å². The van der Waals surface area contributed by atoms with Gasteiger partial charge in [0.05, 0.1) is 6.10 Å². The van der Waals surface area contributed by atoms with Crippen LogP contribution in [0.1, 0.15) is 27.7 Å². The average molecular weight is 251 g/mol. The minimum absolute atomic E-state index is 0.151. The van der Waals surface area contributed by atoms with Crippen molar-refractivity contribution in [3.05, 3.63) is 18.3 Å². The summed E-state index contributed by atoms with van der Waals surface area (Å²) >= 11 is 0. The van der Waals surface area contributed by atoms with Gasteiger partial charge in [0, 0.05) is 19.3 Å². The third kappa shape index (κ3) is 4.18. The van der Waals surface area contributed by atoms with E-state index >= 15 is 0 Å². The molecule has 0 aromatic carbocycles. The smallest absolute Gasteiger partial charge is 0.171 e. The van der Waals surface area contributed by atoms with Crippen LogP contribution in [0.25, 0.3) is 0 Å². The maximum atomic E-state index is 5.81. The zero-order valence-electron chi connectivity index (χ0n) is 11.9. The van der Waals surface area contributed by atoms with Crippen LogP contribution < -0.4 is 15.4 Å². The van der Waals surface area contributed by atoms with Crippen molar-refractivity contribution in [3.63, 3.8) is 0 Å². The average Bonchev–Trinajstić information content (AvgIpc) is 2.36. The zero-order valence-corrected chi connectivity index (χ0v) is 11.9. The quantitative estimate of drug-likeness (QED) is 0.808. The summed E-state index contributed by atoms with van der Waals surface area (Å²) in [6.45, 7) is 10.8. The van der Waals surface area contributed by atoms with Crippen LogP contribution in [0.5, 0.6) is 5.75 Å². The number of nitrogens with zero attached hydrogens (tertiary/aromatic N) is 2. The monoisotopic (exact) mass is 251 g/mol. The van der Waals surface area contributed by atoms with Crippen LogP contribution in [0.3, 0.4) is 0 Å². The molecular weight excluding hydrogens is 226 g/mol. The second-order valence-electron chi connectivity index (χ2n) is 4.87. The van der Waals surface area contributed by atoms with E-state index in [2.05, 4.69) is 23.7 Å². The van der Waals surface area contributed by atoms with E-state index in [9.17, 15) is 0 Å². The molecule has 4 nitrogen and oxygen atoms in total. The molecule has 0 spiro atoms. The maximum absolute atomic E-state index is 5.81. The van der Waals surface area contributed by atoms with E-state index < -0.39 is 0 Å². The first-order chi connectivity index (χ1) is 8.58. The fraction of sp³-hybridized carbons (Fsp3) is 0.643. The van der Waals surface area contributed by atoms with E-state index in [1.54, 1.807) is 6.20 Å². The highest BCUT2D eigenvalue weighted by atomic mass is 16.5. The van der Waals surface area contributed by atoms with Gasteiger partial charge in [-0.15, -0.1) is 0 Å². The molecule has 1 rings (SSSR count). The van der Waals surface area contributed by atoms with Crippen LogP contribution in [-0.2, 0) is 0 Å². The molecule has 0 bridgehead atoms. The van der Waals surface area contributed by atoms with Crippen molar-refractivity contribution in [2.45, 2.75) is 33.8 Å². The number of anilines is 1. The summed E-state index contributed by atoms with van der Waals surface area (Å²) in [4.78, 5) is 6.67. The Balaban J connectivity index is 2.90. The van der Waals surface area contributed by atoms with Crippen molar-refractivity contribution in [3.8, 4) is 5.75 Å². The fourth-order valence-electron chi connectivity index (χ4n) is 1.78. The molecule has 18 heavy (non-hydrogen) atoms. The Hall–Kier alpha value is -1.29. The van der Waals surface area contributed by atoms with E-state index in [0.717, 1.165) is 24.7 Å². The van der Waals surface area contributed by atoms with Gasteiger partial charge in [-0.25, -0.2) is 4.98 Å². The summed E-state index contributed by atoms with van der Waals surface area (Å²) in [7, 11) is 0. The molecule has 0 aliphatic rings. The lowest BCUT2D eigenvalue weighted by molar-refractivity contribution is 0.242. The van der Waals surface area contributed by atoms with Crippen LogP contribution in [0.15, 0.2) is 18.3 Å².